The van der Waals surface area contributed by atoms with E-state index in [0.717, 1.165) is 18.7 Å². The van der Waals surface area contributed by atoms with Crippen molar-refractivity contribution in [2.24, 2.45) is 0 Å². The lowest BCUT2D eigenvalue weighted by atomic mass is 10.1. The van der Waals surface area contributed by atoms with Gasteiger partial charge in [0.15, 0.2) is 0 Å². The molecule has 2 rings (SSSR count). The number of likely N-dealkylation sites (N-methyl/N-ethyl adjacent to an activating group) is 1. The Balaban J connectivity index is 2.00. The lowest BCUT2D eigenvalue weighted by Crippen LogP contribution is -2.47. The Labute approximate surface area is 109 Å². The van der Waals surface area contributed by atoms with Crippen molar-refractivity contribution in [3.63, 3.8) is 0 Å². The Kier molecular flexibility index (Phi) is 4.01. The maximum atomic E-state index is 12.4. The van der Waals surface area contributed by atoms with E-state index in [1.807, 2.05) is 11.9 Å². The number of aliphatic hydroxyl groups is 1. The van der Waals surface area contributed by atoms with Crippen LogP contribution in [0.4, 0.5) is 13.2 Å². The predicted molar refractivity (Wildman–Crippen MR) is 64.0 cm³/mol. The predicted octanol–water partition coefficient (Wildman–Crippen LogP) is 2.15. The van der Waals surface area contributed by atoms with Gasteiger partial charge in [0, 0.05) is 13.1 Å². The fourth-order valence-electron chi connectivity index (χ4n) is 2.10. The number of hydrogen-bond donors (Lipinski definition) is 1. The van der Waals surface area contributed by atoms with Crippen LogP contribution in [0.3, 0.4) is 0 Å². The molecule has 1 N–H and O–H groups in total. The molecule has 0 aliphatic carbocycles. The first-order valence-electron chi connectivity index (χ1n) is 6.07. The SMILES string of the molecule is CN1CCC(Oc2ccc(C(F)(F)F)cc2)C(O)C1. The average Bonchev–Trinajstić information content (AvgIpc) is 2.32. The monoisotopic (exact) mass is 275 g/mol. The molecule has 0 saturated carbocycles. The van der Waals surface area contributed by atoms with Gasteiger partial charge in [0.1, 0.15) is 18.0 Å². The zero-order valence-electron chi connectivity index (χ0n) is 10.5. The largest absolute Gasteiger partial charge is 0.488 e. The third-order valence-electron chi connectivity index (χ3n) is 3.19. The van der Waals surface area contributed by atoms with Crippen molar-refractivity contribution in [2.75, 3.05) is 20.1 Å². The van der Waals surface area contributed by atoms with Crippen LogP contribution in [0.5, 0.6) is 5.75 Å². The number of likely N-dealkylation sites (tertiary alicyclic amines) is 1. The van der Waals surface area contributed by atoms with Crippen molar-refractivity contribution in [1.82, 2.24) is 4.90 Å². The molecule has 1 saturated heterocycles. The highest BCUT2D eigenvalue weighted by Crippen LogP contribution is 2.30. The molecule has 1 aliphatic rings. The number of nitrogens with zero attached hydrogens (tertiary/aromatic N) is 1. The molecule has 0 aromatic heterocycles. The molecule has 3 nitrogen and oxygen atoms in total. The van der Waals surface area contributed by atoms with Crippen LogP contribution < -0.4 is 4.74 Å². The van der Waals surface area contributed by atoms with Crippen molar-refractivity contribution >= 4 is 0 Å². The van der Waals surface area contributed by atoms with Gasteiger partial charge in [-0.05, 0) is 37.7 Å². The van der Waals surface area contributed by atoms with Crippen molar-refractivity contribution in [1.29, 1.82) is 0 Å². The van der Waals surface area contributed by atoms with Gasteiger partial charge in [0.05, 0.1) is 5.56 Å². The van der Waals surface area contributed by atoms with Crippen molar-refractivity contribution in [3.8, 4) is 5.75 Å². The van der Waals surface area contributed by atoms with Gasteiger partial charge < -0.3 is 14.7 Å². The minimum atomic E-state index is -4.34. The third-order valence-corrected chi connectivity index (χ3v) is 3.19. The van der Waals surface area contributed by atoms with Gasteiger partial charge >= 0.3 is 6.18 Å². The zero-order chi connectivity index (χ0) is 14.0. The first-order valence-corrected chi connectivity index (χ1v) is 6.07. The maximum absolute atomic E-state index is 12.4. The number of piperidine rings is 1. The van der Waals surface area contributed by atoms with Gasteiger partial charge in [-0.25, -0.2) is 0 Å². The van der Waals surface area contributed by atoms with Crippen molar-refractivity contribution in [3.05, 3.63) is 29.8 Å². The lowest BCUT2D eigenvalue weighted by Gasteiger charge is -2.33. The second-order valence-electron chi connectivity index (χ2n) is 4.80. The lowest BCUT2D eigenvalue weighted by molar-refractivity contribution is -0.137. The van der Waals surface area contributed by atoms with E-state index in [2.05, 4.69) is 0 Å². The minimum absolute atomic E-state index is 0.349. The van der Waals surface area contributed by atoms with Gasteiger partial charge in [-0.15, -0.1) is 0 Å². The molecular formula is C13H16F3NO2. The number of aliphatic hydroxyl groups excluding tert-OH is 1. The van der Waals surface area contributed by atoms with Crippen LogP contribution in [0.1, 0.15) is 12.0 Å². The van der Waals surface area contributed by atoms with E-state index in [4.69, 9.17) is 4.74 Å². The molecule has 1 heterocycles. The van der Waals surface area contributed by atoms with Gasteiger partial charge in [-0.1, -0.05) is 0 Å². The van der Waals surface area contributed by atoms with E-state index < -0.39 is 17.8 Å². The topological polar surface area (TPSA) is 32.7 Å². The fourth-order valence-corrected chi connectivity index (χ4v) is 2.10. The minimum Gasteiger partial charge on any atom is -0.488 e. The molecule has 2 atom stereocenters. The van der Waals surface area contributed by atoms with Crippen LogP contribution >= 0.6 is 0 Å². The van der Waals surface area contributed by atoms with E-state index in [1.54, 1.807) is 0 Å². The second kappa shape index (κ2) is 5.38. The zero-order valence-corrected chi connectivity index (χ0v) is 10.5. The summed E-state index contributed by atoms with van der Waals surface area (Å²) < 4.78 is 42.7. The summed E-state index contributed by atoms with van der Waals surface area (Å²) in [6.45, 7) is 1.30. The first kappa shape index (κ1) is 14.1. The van der Waals surface area contributed by atoms with Gasteiger partial charge in [-0.2, -0.15) is 13.2 Å². The highest BCUT2D eigenvalue weighted by molar-refractivity contribution is 5.29. The molecule has 1 fully saturated rings. The molecule has 6 heteroatoms. The maximum Gasteiger partial charge on any atom is 0.416 e. The number of rotatable bonds is 2. The molecule has 2 unspecified atom stereocenters. The number of benzene rings is 1. The number of ether oxygens (including phenoxy) is 1. The molecule has 1 aliphatic heterocycles. The Hall–Kier alpha value is -1.27. The molecule has 1 aromatic rings. The number of halogens is 3. The summed E-state index contributed by atoms with van der Waals surface area (Å²) in [6, 6.07) is 4.54. The summed E-state index contributed by atoms with van der Waals surface area (Å²) in [6.07, 6.45) is -4.68. The van der Waals surface area contributed by atoms with Crippen LogP contribution in [0.15, 0.2) is 24.3 Å². The number of hydrogen-bond acceptors (Lipinski definition) is 3. The van der Waals surface area contributed by atoms with E-state index in [9.17, 15) is 18.3 Å². The van der Waals surface area contributed by atoms with E-state index in [-0.39, 0.29) is 6.10 Å². The summed E-state index contributed by atoms with van der Waals surface area (Å²) in [5, 5.41) is 9.84. The highest BCUT2D eigenvalue weighted by atomic mass is 19.4. The fraction of sp³-hybridized carbons (Fsp3) is 0.538. The number of alkyl halides is 3. The quantitative estimate of drug-likeness (QED) is 0.897. The highest BCUT2D eigenvalue weighted by Gasteiger charge is 2.31. The van der Waals surface area contributed by atoms with Crippen LogP contribution in [0, 0.1) is 0 Å². The van der Waals surface area contributed by atoms with Crippen LogP contribution in [-0.4, -0.2) is 42.4 Å². The summed E-state index contributed by atoms with van der Waals surface area (Å²) in [5.41, 5.74) is -0.705. The summed E-state index contributed by atoms with van der Waals surface area (Å²) in [4.78, 5) is 1.98. The average molecular weight is 275 g/mol. The van der Waals surface area contributed by atoms with Crippen LogP contribution in [0.2, 0.25) is 0 Å². The number of β-amino-alcohol motifs (C(OH)–C–C–N with tert-alkyl or cyclic N) is 1. The van der Waals surface area contributed by atoms with Crippen LogP contribution in [0.25, 0.3) is 0 Å². The molecule has 0 radical (unpaired) electrons. The first-order chi connectivity index (χ1) is 8.86. The van der Waals surface area contributed by atoms with E-state index >= 15 is 0 Å². The smallest absolute Gasteiger partial charge is 0.416 e. The van der Waals surface area contributed by atoms with E-state index in [0.29, 0.717) is 18.7 Å². The third kappa shape index (κ3) is 3.61. The standard InChI is InChI=1S/C13H16F3NO2/c1-17-7-6-12(11(18)8-17)19-10-4-2-9(3-5-10)13(14,15)16/h2-5,11-12,18H,6-8H2,1H3. The van der Waals surface area contributed by atoms with Gasteiger partial charge in [0.25, 0.3) is 0 Å². The van der Waals surface area contributed by atoms with Gasteiger partial charge in [-0.3, -0.25) is 0 Å². The molecule has 19 heavy (non-hydrogen) atoms. The Bertz CT molecular complexity index is 419. The Morgan fingerprint density at radius 3 is 2.42 bits per heavy atom. The molecular weight excluding hydrogens is 259 g/mol. The molecule has 106 valence electrons. The van der Waals surface area contributed by atoms with Crippen molar-refractivity contribution < 1.29 is 23.0 Å². The van der Waals surface area contributed by atoms with Crippen LogP contribution in [-0.2, 0) is 6.18 Å². The molecule has 0 spiro atoms. The molecule has 1 aromatic carbocycles. The van der Waals surface area contributed by atoms with Gasteiger partial charge in [0.2, 0.25) is 0 Å². The molecule has 0 amide bonds. The normalized spacial score (nSPS) is 25.3. The summed E-state index contributed by atoms with van der Waals surface area (Å²) in [5.74, 6) is 0.349. The summed E-state index contributed by atoms with van der Waals surface area (Å²) >= 11 is 0. The van der Waals surface area contributed by atoms with E-state index in [1.165, 1.54) is 12.1 Å². The Morgan fingerprint density at radius 2 is 1.89 bits per heavy atom. The molecule has 0 bridgehead atoms. The van der Waals surface area contributed by atoms with Crippen molar-refractivity contribution in [2.45, 2.75) is 24.8 Å². The summed E-state index contributed by atoms with van der Waals surface area (Å²) in [7, 11) is 1.90. The second-order valence-corrected chi connectivity index (χ2v) is 4.80. The Morgan fingerprint density at radius 1 is 1.26 bits per heavy atom.